The van der Waals surface area contributed by atoms with E-state index in [0.29, 0.717) is 17.3 Å². The van der Waals surface area contributed by atoms with Crippen LogP contribution in [0.4, 0.5) is 0 Å². The lowest BCUT2D eigenvalue weighted by Crippen LogP contribution is -2.43. The number of nitriles is 1. The third-order valence-corrected chi connectivity index (χ3v) is 3.47. The Morgan fingerprint density at radius 1 is 1.15 bits per heavy atom. The van der Waals surface area contributed by atoms with Crippen LogP contribution in [0.25, 0.3) is 0 Å². The average Bonchev–Trinajstić information content (AvgIpc) is 2.46. The summed E-state index contributed by atoms with van der Waals surface area (Å²) in [6, 6.07) is 8.30. The van der Waals surface area contributed by atoms with Gasteiger partial charge >= 0.3 is 11.9 Å². The van der Waals surface area contributed by atoms with E-state index in [0.717, 1.165) is 0 Å². The highest BCUT2D eigenvalue weighted by Gasteiger charge is 2.52. The van der Waals surface area contributed by atoms with E-state index in [-0.39, 0.29) is 13.2 Å². The lowest BCUT2D eigenvalue weighted by atomic mass is 9.98. The first kappa shape index (κ1) is 16.1. The Labute approximate surface area is 121 Å². The smallest absolute Gasteiger partial charge is 0.339 e. The number of carbonyl (C=O) groups is 2. The van der Waals surface area contributed by atoms with Crippen LogP contribution in [0, 0.1) is 10.7 Å². The molecule has 0 atom stereocenters. The highest BCUT2D eigenvalue weighted by atomic mass is 32.2. The molecule has 0 aliphatic rings. The zero-order valence-corrected chi connectivity index (χ0v) is 12.1. The summed E-state index contributed by atoms with van der Waals surface area (Å²) >= 11 is 0.530. The van der Waals surface area contributed by atoms with Crippen molar-refractivity contribution in [2.24, 2.45) is 0 Å². The fourth-order valence-corrected chi connectivity index (χ4v) is 2.34. The van der Waals surface area contributed by atoms with Gasteiger partial charge in [-0.15, -0.1) is 0 Å². The minimum absolute atomic E-state index is 0.110. The van der Waals surface area contributed by atoms with Crippen molar-refractivity contribution in [3.63, 3.8) is 0 Å². The highest BCUT2D eigenvalue weighted by Crippen LogP contribution is 2.38. The number of hydrogen-bond acceptors (Lipinski definition) is 6. The molecule has 0 heterocycles. The summed E-state index contributed by atoms with van der Waals surface area (Å²) in [5.41, 5.74) is 0.364. The highest BCUT2D eigenvalue weighted by molar-refractivity contribution is 8.06. The second-order valence-electron chi connectivity index (χ2n) is 3.68. The van der Waals surface area contributed by atoms with E-state index < -0.39 is 16.7 Å². The van der Waals surface area contributed by atoms with Gasteiger partial charge in [0.1, 0.15) is 5.40 Å². The molecule has 1 aromatic rings. The van der Waals surface area contributed by atoms with Crippen LogP contribution in [-0.2, 0) is 23.8 Å². The van der Waals surface area contributed by atoms with Crippen LogP contribution in [0.5, 0.6) is 0 Å². The van der Waals surface area contributed by atoms with Crippen molar-refractivity contribution in [3.05, 3.63) is 35.9 Å². The normalized spacial score (nSPS) is 10.4. The summed E-state index contributed by atoms with van der Waals surface area (Å²) in [6.45, 7) is 3.49. The largest absolute Gasteiger partial charge is 0.464 e. The molecule has 0 bridgehead atoms. The van der Waals surface area contributed by atoms with Crippen molar-refractivity contribution in [1.82, 2.24) is 0 Å². The van der Waals surface area contributed by atoms with Crippen LogP contribution in [0.15, 0.2) is 30.3 Å². The van der Waals surface area contributed by atoms with Gasteiger partial charge < -0.3 is 9.47 Å². The number of hydrogen-bond donors (Lipinski definition) is 0. The first-order valence-electron chi connectivity index (χ1n) is 6.10. The minimum atomic E-state index is -1.80. The molecule has 0 aliphatic heterocycles. The van der Waals surface area contributed by atoms with E-state index >= 15 is 0 Å². The summed E-state index contributed by atoms with van der Waals surface area (Å²) in [5.74, 6) is -1.59. The number of thioether (sulfide) groups is 1. The Kier molecular flexibility index (Phi) is 6.07. The lowest BCUT2D eigenvalue weighted by Gasteiger charge is -2.26. The van der Waals surface area contributed by atoms with E-state index in [1.165, 1.54) is 0 Å². The van der Waals surface area contributed by atoms with Gasteiger partial charge in [0.25, 0.3) is 0 Å². The third-order valence-electron chi connectivity index (χ3n) is 2.50. The molecule has 0 amide bonds. The maximum Gasteiger partial charge on any atom is 0.339 e. The third kappa shape index (κ3) is 3.11. The van der Waals surface area contributed by atoms with E-state index in [9.17, 15) is 9.59 Å². The number of carbonyl (C=O) groups excluding carboxylic acids is 2. The number of benzene rings is 1. The maximum atomic E-state index is 12.3. The van der Waals surface area contributed by atoms with E-state index in [2.05, 4.69) is 0 Å². The van der Waals surface area contributed by atoms with Gasteiger partial charge in [-0.2, -0.15) is 5.26 Å². The van der Waals surface area contributed by atoms with Crippen LogP contribution in [0.3, 0.4) is 0 Å². The molecule has 0 fully saturated rings. The molecule has 0 saturated heterocycles. The monoisotopic (exact) mass is 293 g/mol. The second-order valence-corrected chi connectivity index (χ2v) is 4.68. The van der Waals surface area contributed by atoms with E-state index in [1.54, 1.807) is 49.6 Å². The average molecular weight is 293 g/mol. The number of ether oxygens (including phenoxy) is 2. The Bertz CT molecular complexity index is 492. The summed E-state index contributed by atoms with van der Waals surface area (Å²) in [4.78, 5) is 24.6. The number of esters is 2. The van der Waals surface area contributed by atoms with E-state index in [4.69, 9.17) is 14.7 Å². The topological polar surface area (TPSA) is 76.4 Å². The van der Waals surface area contributed by atoms with E-state index in [1.807, 2.05) is 0 Å². The van der Waals surface area contributed by atoms with Crippen molar-refractivity contribution >= 4 is 23.7 Å². The van der Waals surface area contributed by atoms with Crippen LogP contribution < -0.4 is 0 Å². The molecule has 106 valence electrons. The molecule has 0 unspecified atom stereocenters. The summed E-state index contributed by atoms with van der Waals surface area (Å²) in [6.07, 6.45) is 0. The summed E-state index contributed by atoms with van der Waals surface area (Å²) in [5, 5.41) is 10.8. The van der Waals surface area contributed by atoms with Crippen molar-refractivity contribution in [2.45, 2.75) is 18.6 Å². The molecule has 0 radical (unpaired) electrons. The van der Waals surface area contributed by atoms with Gasteiger partial charge in [-0.25, -0.2) is 9.59 Å². The molecule has 0 aliphatic carbocycles. The van der Waals surface area contributed by atoms with Crippen LogP contribution in [0.1, 0.15) is 19.4 Å². The van der Waals surface area contributed by atoms with Crippen molar-refractivity contribution in [1.29, 1.82) is 5.26 Å². The fraction of sp³-hybridized carbons (Fsp3) is 0.357. The second kappa shape index (κ2) is 7.56. The van der Waals surface area contributed by atoms with Gasteiger partial charge in [0.05, 0.1) is 13.2 Å². The summed E-state index contributed by atoms with van der Waals surface area (Å²) in [7, 11) is 0. The molecule has 0 spiro atoms. The van der Waals surface area contributed by atoms with Gasteiger partial charge in [-0.05, 0) is 31.2 Å². The molecule has 20 heavy (non-hydrogen) atoms. The molecule has 5 nitrogen and oxygen atoms in total. The van der Waals surface area contributed by atoms with Crippen molar-refractivity contribution < 1.29 is 19.1 Å². The summed E-state index contributed by atoms with van der Waals surface area (Å²) < 4.78 is 8.14. The zero-order chi connectivity index (χ0) is 15.0. The molecular formula is C14H15NO4S. The Morgan fingerprint density at radius 3 is 2.05 bits per heavy atom. The molecule has 0 N–H and O–H groups in total. The zero-order valence-electron chi connectivity index (χ0n) is 11.3. The number of nitrogens with zero attached hydrogens (tertiary/aromatic N) is 1. The Hall–Kier alpha value is -2.00. The molecule has 6 heteroatoms. The Balaban J connectivity index is 3.38. The fourth-order valence-electron chi connectivity index (χ4n) is 1.67. The van der Waals surface area contributed by atoms with Gasteiger partial charge in [0.15, 0.2) is 0 Å². The van der Waals surface area contributed by atoms with Gasteiger partial charge in [0, 0.05) is 0 Å². The first-order chi connectivity index (χ1) is 9.63. The standard InChI is InChI=1S/C14H15NO4S/c1-3-18-12(16)14(20-10-15,13(17)19-4-2)11-8-6-5-7-9-11/h5-9H,3-4H2,1-2H3. The van der Waals surface area contributed by atoms with Crippen LogP contribution in [-0.4, -0.2) is 25.2 Å². The lowest BCUT2D eigenvalue weighted by molar-refractivity contribution is -0.159. The molecule has 0 aromatic heterocycles. The first-order valence-corrected chi connectivity index (χ1v) is 6.92. The maximum absolute atomic E-state index is 12.3. The predicted molar refractivity (Wildman–Crippen MR) is 74.6 cm³/mol. The van der Waals surface area contributed by atoms with Crippen molar-refractivity contribution in [2.75, 3.05) is 13.2 Å². The SMILES string of the molecule is CCOC(=O)C(SC#N)(C(=O)OCC)c1ccccc1. The predicted octanol–water partition coefficient (Wildman–Crippen LogP) is 2.22. The molecule has 1 rings (SSSR count). The molecule has 1 aromatic carbocycles. The Morgan fingerprint density at radius 2 is 1.65 bits per heavy atom. The van der Waals surface area contributed by atoms with Crippen LogP contribution in [0.2, 0.25) is 0 Å². The minimum Gasteiger partial charge on any atom is -0.464 e. The number of thiocyanates is 1. The van der Waals surface area contributed by atoms with Gasteiger partial charge in [-0.3, -0.25) is 0 Å². The quantitative estimate of drug-likeness (QED) is 0.455. The van der Waals surface area contributed by atoms with Crippen molar-refractivity contribution in [3.8, 4) is 5.40 Å². The number of rotatable bonds is 6. The van der Waals surface area contributed by atoms with Gasteiger partial charge in [-0.1, -0.05) is 30.3 Å². The van der Waals surface area contributed by atoms with Gasteiger partial charge in [0.2, 0.25) is 4.75 Å². The van der Waals surface area contributed by atoms with Crippen LogP contribution >= 0.6 is 11.8 Å². The molecule has 0 saturated carbocycles. The molecular weight excluding hydrogens is 278 g/mol.